The van der Waals surface area contributed by atoms with E-state index in [1.165, 1.54) is 18.2 Å². The largest absolute Gasteiger partial charge is 0.484 e. The monoisotopic (exact) mass is 301 g/mol. The molecule has 2 rings (SSSR count). The van der Waals surface area contributed by atoms with Gasteiger partial charge in [0.25, 0.3) is 5.91 Å². The summed E-state index contributed by atoms with van der Waals surface area (Å²) in [6, 6.07) is 12.7. The first-order chi connectivity index (χ1) is 10.5. The quantitative estimate of drug-likeness (QED) is 0.505. The maximum Gasteiger partial charge on any atom is 0.277 e. The van der Waals surface area contributed by atoms with Crippen molar-refractivity contribution in [3.8, 4) is 5.75 Å². The van der Waals surface area contributed by atoms with Crippen LogP contribution in [0, 0.1) is 5.82 Å². The highest BCUT2D eigenvalue weighted by Gasteiger charge is 2.04. The summed E-state index contributed by atoms with van der Waals surface area (Å²) in [4.78, 5) is 11.6. The highest BCUT2D eigenvalue weighted by molar-refractivity contribution is 5.99. The third-order valence-electron chi connectivity index (χ3n) is 2.82. The Balaban J connectivity index is 1.88. The summed E-state index contributed by atoms with van der Waals surface area (Å²) in [5.74, 6) is -0.576. The van der Waals surface area contributed by atoms with Gasteiger partial charge in [-0.15, -0.1) is 0 Å². The van der Waals surface area contributed by atoms with Crippen LogP contribution in [0.1, 0.15) is 12.5 Å². The Hall–Kier alpha value is -2.89. The van der Waals surface area contributed by atoms with Crippen LogP contribution in [-0.4, -0.2) is 18.2 Å². The van der Waals surface area contributed by atoms with E-state index in [0.717, 1.165) is 5.56 Å². The van der Waals surface area contributed by atoms with Crippen molar-refractivity contribution in [1.82, 2.24) is 5.43 Å². The van der Waals surface area contributed by atoms with Gasteiger partial charge in [-0.05, 0) is 36.8 Å². The molecule has 0 saturated heterocycles. The van der Waals surface area contributed by atoms with Gasteiger partial charge in [0.1, 0.15) is 11.6 Å². The Labute approximate surface area is 127 Å². The zero-order chi connectivity index (χ0) is 15.9. The van der Waals surface area contributed by atoms with E-state index in [4.69, 9.17) is 10.5 Å². The topological polar surface area (TPSA) is 76.7 Å². The van der Waals surface area contributed by atoms with E-state index in [2.05, 4.69) is 10.5 Å². The minimum Gasteiger partial charge on any atom is -0.484 e. The van der Waals surface area contributed by atoms with Gasteiger partial charge in [-0.3, -0.25) is 4.79 Å². The molecule has 0 aromatic heterocycles. The molecule has 6 heteroatoms. The smallest absolute Gasteiger partial charge is 0.277 e. The number of carbonyl (C=O) groups excluding carboxylic acids is 1. The van der Waals surface area contributed by atoms with E-state index in [1.807, 2.05) is 6.07 Å². The van der Waals surface area contributed by atoms with Crippen molar-refractivity contribution >= 4 is 17.3 Å². The van der Waals surface area contributed by atoms with Gasteiger partial charge in [0, 0.05) is 11.8 Å². The summed E-state index contributed by atoms with van der Waals surface area (Å²) in [6.45, 7) is 1.50. The Kier molecular flexibility index (Phi) is 5.08. The van der Waals surface area contributed by atoms with Crippen molar-refractivity contribution in [3.05, 3.63) is 59.9 Å². The van der Waals surface area contributed by atoms with Crippen LogP contribution in [0.5, 0.6) is 5.75 Å². The molecule has 0 aliphatic rings. The van der Waals surface area contributed by atoms with Gasteiger partial charge >= 0.3 is 0 Å². The van der Waals surface area contributed by atoms with Crippen molar-refractivity contribution < 1.29 is 13.9 Å². The molecule has 0 atom stereocenters. The van der Waals surface area contributed by atoms with E-state index in [-0.39, 0.29) is 12.4 Å². The molecule has 0 heterocycles. The average molecular weight is 301 g/mol. The van der Waals surface area contributed by atoms with Crippen molar-refractivity contribution in [2.24, 2.45) is 5.10 Å². The fourth-order valence-electron chi connectivity index (χ4n) is 1.71. The summed E-state index contributed by atoms with van der Waals surface area (Å²) in [7, 11) is 0. The second-order valence-corrected chi connectivity index (χ2v) is 4.60. The number of nitrogen functional groups attached to an aromatic ring is 1. The molecule has 0 unspecified atom stereocenters. The maximum atomic E-state index is 13.0. The molecule has 2 aromatic rings. The van der Waals surface area contributed by atoms with Crippen LogP contribution in [0.3, 0.4) is 0 Å². The maximum absolute atomic E-state index is 13.0. The second kappa shape index (κ2) is 7.21. The number of ether oxygens (including phenoxy) is 1. The molecule has 0 saturated carbocycles. The lowest BCUT2D eigenvalue weighted by Gasteiger charge is -2.06. The molecule has 114 valence electrons. The molecule has 0 aliphatic carbocycles. The second-order valence-electron chi connectivity index (χ2n) is 4.60. The van der Waals surface area contributed by atoms with Gasteiger partial charge in [0.2, 0.25) is 0 Å². The van der Waals surface area contributed by atoms with Crippen molar-refractivity contribution in [3.63, 3.8) is 0 Å². The number of nitrogens with zero attached hydrogens (tertiary/aromatic N) is 1. The highest BCUT2D eigenvalue weighted by Crippen LogP contribution is 2.11. The standard InChI is InChI=1S/C16H16FN3O2/c1-11(12-4-2-6-14(18)8-12)19-20-16(21)10-22-15-7-3-5-13(17)9-15/h2-9H,10,18H2,1H3,(H,20,21)/b19-11-. The van der Waals surface area contributed by atoms with Crippen LogP contribution < -0.4 is 15.9 Å². The minimum atomic E-state index is -0.437. The summed E-state index contributed by atoms with van der Waals surface area (Å²) < 4.78 is 18.1. The van der Waals surface area contributed by atoms with E-state index in [0.29, 0.717) is 11.4 Å². The number of anilines is 1. The van der Waals surface area contributed by atoms with E-state index in [9.17, 15) is 9.18 Å². The van der Waals surface area contributed by atoms with Crippen LogP contribution in [0.4, 0.5) is 10.1 Å². The van der Waals surface area contributed by atoms with Gasteiger partial charge in [0.15, 0.2) is 6.61 Å². The summed E-state index contributed by atoms with van der Waals surface area (Å²) in [5.41, 5.74) is 10.1. The molecule has 0 aliphatic heterocycles. The number of rotatable bonds is 5. The number of halogens is 1. The van der Waals surface area contributed by atoms with Crippen LogP contribution >= 0.6 is 0 Å². The minimum absolute atomic E-state index is 0.253. The van der Waals surface area contributed by atoms with Crippen LogP contribution in [-0.2, 0) is 4.79 Å². The molecule has 0 bridgehead atoms. The Morgan fingerprint density at radius 1 is 1.27 bits per heavy atom. The fourth-order valence-corrected chi connectivity index (χ4v) is 1.71. The molecular weight excluding hydrogens is 285 g/mol. The van der Waals surface area contributed by atoms with Crippen LogP contribution in [0.25, 0.3) is 0 Å². The Bertz CT molecular complexity index is 701. The third-order valence-corrected chi connectivity index (χ3v) is 2.82. The normalized spacial score (nSPS) is 11.1. The Morgan fingerprint density at radius 2 is 2.05 bits per heavy atom. The first kappa shape index (κ1) is 15.5. The van der Waals surface area contributed by atoms with Gasteiger partial charge in [-0.2, -0.15) is 5.10 Å². The van der Waals surface area contributed by atoms with Gasteiger partial charge in [-0.1, -0.05) is 18.2 Å². The molecule has 3 N–H and O–H groups in total. The van der Waals surface area contributed by atoms with Gasteiger partial charge < -0.3 is 10.5 Å². The molecule has 0 spiro atoms. The summed E-state index contributed by atoms with van der Waals surface area (Å²) in [5, 5.41) is 3.97. The predicted molar refractivity (Wildman–Crippen MR) is 83.1 cm³/mol. The molecule has 1 amide bonds. The SMILES string of the molecule is C/C(=N/NC(=O)COc1cccc(F)c1)c1cccc(N)c1. The number of hydrogen-bond donors (Lipinski definition) is 2. The van der Waals surface area contributed by atoms with E-state index < -0.39 is 11.7 Å². The molecule has 5 nitrogen and oxygen atoms in total. The van der Waals surface area contributed by atoms with Crippen molar-refractivity contribution in [2.45, 2.75) is 6.92 Å². The number of benzene rings is 2. The highest BCUT2D eigenvalue weighted by atomic mass is 19.1. The lowest BCUT2D eigenvalue weighted by atomic mass is 10.1. The molecule has 2 aromatic carbocycles. The van der Waals surface area contributed by atoms with Gasteiger partial charge in [-0.25, -0.2) is 9.82 Å². The number of hydrazone groups is 1. The first-order valence-corrected chi connectivity index (χ1v) is 6.62. The zero-order valence-electron chi connectivity index (χ0n) is 12.0. The molecular formula is C16H16FN3O2. The number of nitrogens with two attached hydrogens (primary N) is 1. The lowest BCUT2D eigenvalue weighted by molar-refractivity contribution is -0.123. The third kappa shape index (κ3) is 4.59. The summed E-state index contributed by atoms with van der Waals surface area (Å²) >= 11 is 0. The van der Waals surface area contributed by atoms with E-state index >= 15 is 0 Å². The van der Waals surface area contributed by atoms with Crippen LogP contribution in [0.2, 0.25) is 0 Å². The van der Waals surface area contributed by atoms with E-state index in [1.54, 1.807) is 31.2 Å². The number of nitrogens with one attached hydrogen (secondary N) is 1. The molecule has 22 heavy (non-hydrogen) atoms. The van der Waals surface area contributed by atoms with Gasteiger partial charge in [0.05, 0.1) is 5.71 Å². The average Bonchev–Trinajstić information content (AvgIpc) is 2.50. The molecule has 0 radical (unpaired) electrons. The molecule has 0 fully saturated rings. The number of amides is 1. The zero-order valence-corrected chi connectivity index (χ0v) is 12.0. The Morgan fingerprint density at radius 3 is 2.77 bits per heavy atom. The first-order valence-electron chi connectivity index (χ1n) is 6.62. The lowest BCUT2D eigenvalue weighted by Crippen LogP contribution is -2.25. The van der Waals surface area contributed by atoms with Crippen molar-refractivity contribution in [2.75, 3.05) is 12.3 Å². The predicted octanol–water partition coefficient (Wildman–Crippen LogP) is 2.33. The van der Waals surface area contributed by atoms with Crippen LogP contribution in [0.15, 0.2) is 53.6 Å². The summed E-state index contributed by atoms with van der Waals surface area (Å²) in [6.07, 6.45) is 0. The van der Waals surface area contributed by atoms with Crippen molar-refractivity contribution in [1.29, 1.82) is 0 Å². The number of carbonyl (C=O) groups is 1. The fraction of sp³-hybridized carbons (Fsp3) is 0.125. The number of hydrogen-bond acceptors (Lipinski definition) is 4.